The standard InChI is InChI=1S/C12H23F3N2/c13-12(14,15)7-3-4-8-17-11-6-2-1-5-10(11)9-16/h10-11,17H,1-9,16H2. The van der Waals surface area contributed by atoms with Crippen LogP contribution in [0.4, 0.5) is 13.2 Å². The molecule has 0 spiro atoms. The zero-order chi connectivity index (χ0) is 12.7. The van der Waals surface area contributed by atoms with Gasteiger partial charge in [-0.3, -0.25) is 0 Å². The Morgan fingerprint density at radius 2 is 1.82 bits per heavy atom. The second-order valence-electron chi connectivity index (χ2n) is 4.91. The van der Waals surface area contributed by atoms with Gasteiger partial charge < -0.3 is 11.1 Å². The van der Waals surface area contributed by atoms with E-state index in [0.717, 1.165) is 12.8 Å². The van der Waals surface area contributed by atoms with Crippen LogP contribution in [0.2, 0.25) is 0 Å². The maximum atomic E-state index is 11.9. The zero-order valence-corrected chi connectivity index (χ0v) is 10.2. The van der Waals surface area contributed by atoms with Gasteiger partial charge in [0.15, 0.2) is 0 Å². The monoisotopic (exact) mass is 252 g/mol. The summed E-state index contributed by atoms with van der Waals surface area (Å²) < 4.78 is 35.8. The van der Waals surface area contributed by atoms with Crippen LogP contribution in [0.3, 0.4) is 0 Å². The van der Waals surface area contributed by atoms with Crippen LogP contribution in [0.5, 0.6) is 0 Å². The molecular weight excluding hydrogens is 229 g/mol. The number of hydrogen-bond acceptors (Lipinski definition) is 2. The normalized spacial score (nSPS) is 26.1. The number of hydrogen-bond donors (Lipinski definition) is 2. The third kappa shape index (κ3) is 6.27. The van der Waals surface area contributed by atoms with Crippen molar-refractivity contribution in [3.05, 3.63) is 0 Å². The van der Waals surface area contributed by atoms with E-state index in [9.17, 15) is 13.2 Å². The molecule has 0 aromatic heterocycles. The van der Waals surface area contributed by atoms with Gasteiger partial charge in [-0.25, -0.2) is 0 Å². The molecule has 102 valence electrons. The summed E-state index contributed by atoms with van der Waals surface area (Å²) in [5.74, 6) is 0.506. The lowest BCUT2D eigenvalue weighted by molar-refractivity contribution is -0.135. The third-order valence-electron chi connectivity index (χ3n) is 3.51. The van der Waals surface area contributed by atoms with Crippen molar-refractivity contribution in [1.82, 2.24) is 5.32 Å². The SMILES string of the molecule is NCC1CCCCC1NCCCCC(F)(F)F. The lowest BCUT2D eigenvalue weighted by atomic mass is 9.84. The number of halogens is 3. The van der Waals surface area contributed by atoms with E-state index in [2.05, 4.69) is 5.32 Å². The molecule has 0 heterocycles. The molecule has 1 rings (SSSR count). The maximum absolute atomic E-state index is 11.9. The Kier molecular flexibility index (Phi) is 6.27. The Labute approximate surface area is 101 Å². The van der Waals surface area contributed by atoms with Gasteiger partial charge in [-0.1, -0.05) is 12.8 Å². The summed E-state index contributed by atoms with van der Waals surface area (Å²) in [6.45, 7) is 1.36. The lowest BCUT2D eigenvalue weighted by Gasteiger charge is -2.31. The van der Waals surface area contributed by atoms with E-state index < -0.39 is 12.6 Å². The summed E-state index contributed by atoms with van der Waals surface area (Å²) in [5, 5.41) is 3.36. The summed E-state index contributed by atoms with van der Waals surface area (Å²) >= 11 is 0. The molecule has 1 saturated carbocycles. The highest BCUT2D eigenvalue weighted by Crippen LogP contribution is 2.24. The molecule has 1 aliphatic carbocycles. The van der Waals surface area contributed by atoms with E-state index in [1.54, 1.807) is 0 Å². The average Bonchev–Trinajstić information content (AvgIpc) is 2.27. The molecule has 1 fully saturated rings. The zero-order valence-electron chi connectivity index (χ0n) is 10.2. The number of alkyl halides is 3. The number of nitrogens with one attached hydrogen (secondary N) is 1. The van der Waals surface area contributed by atoms with Gasteiger partial charge in [0.05, 0.1) is 0 Å². The van der Waals surface area contributed by atoms with Crippen LogP contribution in [0, 0.1) is 5.92 Å². The van der Waals surface area contributed by atoms with E-state index in [-0.39, 0.29) is 6.42 Å². The van der Waals surface area contributed by atoms with E-state index >= 15 is 0 Å². The molecule has 0 aliphatic heterocycles. The molecule has 2 unspecified atom stereocenters. The van der Waals surface area contributed by atoms with Crippen molar-refractivity contribution in [1.29, 1.82) is 0 Å². The van der Waals surface area contributed by atoms with Crippen molar-refractivity contribution in [3.63, 3.8) is 0 Å². The Morgan fingerprint density at radius 1 is 1.12 bits per heavy atom. The Morgan fingerprint density at radius 3 is 2.47 bits per heavy atom. The van der Waals surface area contributed by atoms with Gasteiger partial charge in [-0.2, -0.15) is 13.2 Å². The predicted molar refractivity (Wildman–Crippen MR) is 62.7 cm³/mol. The summed E-state index contributed by atoms with van der Waals surface area (Å²) in [5.41, 5.74) is 5.69. The molecule has 5 heteroatoms. The highest BCUT2D eigenvalue weighted by Gasteiger charge is 2.26. The van der Waals surface area contributed by atoms with Gasteiger partial charge in [0.25, 0.3) is 0 Å². The van der Waals surface area contributed by atoms with Crippen LogP contribution in [0.15, 0.2) is 0 Å². The van der Waals surface area contributed by atoms with Crippen molar-refractivity contribution >= 4 is 0 Å². The van der Waals surface area contributed by atoms with Crippen molar-refractivity contribution in [2.45, 2.75) is 57.2 Å². The first-order valence-electron chi connectivity index (χ1n) is 6.53. The molecular formula is C12H23F3N2. The summed E-state index contributed by atoms with van der Waals surface area (Å²) in [6.07, 6.45) is 0.830. The van der Waals surface area contributed by atoms with Crippen LogP contribution < -0.4 is 11.1 Å². The van der Waals surface area contributed by atoms with Crippen molar-refractivity contribution in [3.8, 4) is 0 Å². The molecule has 17 heavy (non-hydrogen) atoms. The maximum Gasteiger partial charge on any atom is 0.389 e. The van der Waals surface area contributed by atoms with E-state index in [1.807, 2.05) is 0 Å². The minimum absolute atomic E-state index is 0.219. The smallest absolute Gasteiger partial charge is 0.330 e. The molecule has 1 aliphatic rings. The average molecular weight is 252 g/mol. The molecule has 0 aromatic carbocycles. The van der Waals surface area contributed by atoms with Crippen molar-refractivity contribution < 1.29 is 13.2 Å². The van der Waals surface area contributed by atoms with E-state index in [4.69, 9.17) is 5.73 Å². The fourth-order valence-corrected chi connectivity index (χ4v) is 2.50. The fraction of sp³-hybridized carbons (Fsp3) is 1.00. The largest absolute Gasteiger partial charge is 0.389 e. The van der Waals surface area contributed by atoms with Crippen LogP contribution in [-0.2, 0) is 0 Å². The molecule has 3 N–H and O–H groups in total. The number of unbranched alkanes of at least 4 members (excludes halogenated alkanes) is 1. The second kappa shape index (κ2) is 7.21. The summed E-state index contributed by atoms with van der Waals surface area (Å²) in [7, 11) is 0. The molecule has 0 aromatic rings. The fourth-order valence-electron chi connectivity index (χ4n) is 2.50. The van der Waals surface area contributed by atoms with Crippen LogP contribution in [0.25, 0.3) is 0 Å². The van der Waals surface area contributed by atoms with Crippen LogP contribution in [-0.4, -0.2) is 25.3 Å². The van der Waals surface area contributed by atoms with Gasteiger partial charge in [-0.15, -0.1) is 0 Å². The Bertz CT molecular complexity index is 206. The second-order valence-corrected chi connectivity index (χ2v) is 4.91. The lowest BCUT2D eigenvalue weighted by Crippen LogP contribution is -2.42. The highest BCUT2D eigenvalue weighted by molar-refractivity contribution is 4.81. The van der Waals surface area contributed by atoms with Gasteiger partial charge in [0.1, 0.15) is 0 Å². The first kappa shape index (κ1) is 14.8. The van der Waals surface area contributed by atoms with Gasteiger partial charge in [0, 0.05) is 12.5 Å². The minimum Gasteiger partial charge on any atom is -0.330 e. The molecule has 0 saturated heterocycles. The minimum atomic E-state index is -4.01. The van der Waals surface area contributed by atoms with Gasteiger partial charge in [0.2, 0.25) is 0 Å². The Balaban J connectivity index is 2.08. The first-order valence-corrected chi connectivity index (χ1v) is 6.53. The number of nitrogens with two attached hydrogens (primary N) is 1. The molecule has 0 radical (unpaired) electrons. The van der Waals surface area contributed by atoms with Crippen LogP contribution >= 0.6 is 0 Å². The molecule has 2 nitrogen and oxygen atoms in total. The predicted octanol–water partition coefficient (Wildman–Crippen LogP) is 2.83. The highest BCUT2D eigenvalue weighted by atomic mass is 19.4. The number of rotatable bonds is 6. The van der Waals surface area contributed by atoms with Crippen molar-refractivity contribution in [2.24, 2.45) is 11.7 Å². The molecule has 2 atom stereocenters. The van der Waals surface area contributed by atoms with Gasteiger partial charge >= 0.3 is 6.18 Å². The summed E-state index contributed by atoms with van der Waals surface area (Å²) in [6, 6.07) is 0.416. The van der Waals surface area contributed by atoms with Crippen molar-refractivity contribution in [2.75, 3.05) is 13.1 Å². The van der Waals surface area contributed by atoms with E-state index in [1.165, 1.54) is 12.8 Å². The van der Waals surface area contributed by atoms with Gasteiger partial charge in [-0.05, 0) is 44.7 Å². The molecule has 0 bridgehead atoms. The third-order valence-corrected chi connectivity index (χ3v) is 3.51. The van der Waals surface area contributed by atoms with Crippen LogP contribution in [0.1, 0.15) is 44.9 Å². The first-order chi connectivity index (χ1) is 8.03. The topological polar surface area (TPSA) is 38.0 Å². The van der Waals surface area contributed by atoms with E-state index in [0.29, 0.717) is 31.5 Å². The Hall–Kier alpha value is -0.290. The molecule has 0 amide bonds. The quantitative estimate of drug-likeness (QED) is 0.713. The summed E-state index contributed by atoms with van der Waals surface area (Å²) in [4.78, 5) is 0.